The van der Waals surface area contributed by atoms with E-state index in [2.05, 4.69) is 13.8 Å². The zero-order valence-electron chi connectivity index (χ0n) is 11.3. The number of methoxy groups -OCH3 is 2. The number of benzene rings is 1. The summed E-state index contributed by atoms with van der Waals surface area (Å²) in [6.07, 6.45) is 2.01. The average Bonchev–Trinajstić information content (AvgIpc) is 2.37. The van der Waals surface area contributed by atoms with Gasteiger partial charge in [-0.3, -0.25) is 0 Å². The van der Waals surface area contributed by atoms with Crippen molar-refractivity contribution in [1.82, 2.24) is 0 Å². The number of rotatable bonds is 6. The van der Waals surface area contributed by atoms with Gasteiger partial charge in [-0.05, 0) is 18.4 Å². The zero-order valence-corrected chi connectivity index (χ0v) is 12.8. The first-order valence-electron chi connectivity index (χ1n) is 6.09. The molecule has 4 heteroatoms. The Kier molecular flexibility index (Phi) is 6.10. The fourth-order valence-electron chi connectivity index (χ4n) is 1.81. The predicted molar refractivity (Wildman–Crippen MR) is 77.2 cm³/mol. The molecule has 0 aliphatic carbocycles. The normalized spacial score (nSPS) is 14.1. The van der Waals surface area contributed by atoms with E-state index in [1.807, 2.05) is 12.1 Å². The van der Waals surface area contributed by atoms with Gasteiger partial charge >= 0.3 is 0 Å². The summed E-state index contributed by atoms with van der Waals surface area (Å²) in [5, 5.41) is 0.380. The van der Waals surface area contributed by atoms with Crippen molar-refractivity contribution in [1.29, 1.82) is 0 Å². The summed E-state index contributed by atoms with van der Waals surface area (Å²) in [6, 6.07) is 3.75. The molecule has 0 bridgehead atoms. The highest BCUT2D eigenvalue weighted by molar-refractivity contribution is 6.34. The van der Waals surface area contributed by atoms with Gasteiger partial charge in [0.05, 0.1) is 19.6 Å². The van der Waals surface area contributed by atoms with E-state index < -0.39 is 0 Å². The van der Waals surface area contributed by atoms with Crippen LogP contribution in [-0.2, 0) is 0 Å². The van der Waals surface area contributed by atoms with Crippen molar-refractivity contribution in [2.24, 2.45) is 5.92 Å². The van der Waals surface area contributed by atoms with E-state index in [-0.39, 0.29) is 5.38 Å². The van der Waals surface area contributed by atoms with Crippen LogP contribution in [0.3, 0.4) is 0 Å². The molecule has 0 aliphatic heterocycles. The first-order valence-corrected chi connectivity index (χ1v) is 6.90. The Hall–Kier alpha value is -0.600. The highest BCUT2D eigenvalue weighted by Crippen LogP contribution is 2.43. The molecule has 0 radical (unpaired) electrons. The van der Waals surface area contributed by atoms with Gasteiger partial charge in [-0.25, -0.2) is 0 Å². The van der Waals surface area contributed by atoms with E-state index in [4.69, 9.17) is 32.7 Å². The van der Waals surface area contributed by atoms with Crippen molar-refractivity contribution in [3.05, 3.63) is 22.7 Å². The molecule has 0 fully saturated rings. The van der Waals surface area contributed by atoms with Gasteiger partial charge in [0.15, 0.2) is 0 Å². The SMILES string of the molecule is CCC(C)CC(Cl)c1ccc(OC)c(Cl)c1OC. The van der Waals surface area contributed by atoms with Crippen LogP contribution < -0.4 is 9.47 Å². The fraction of sp³-hybridized carbons (Fsp3) is 0.571. The minimum Gasteiger partial charge on any atom is -0.495 e. The molecule has 0 aromatic heterocycles. The van der Waals surface area contributed by atoms with Gasteiger partial charge in [-0.2, -0.15) is 0 Å². The molecule has 2 atom stereocenters. The summed E-state index contributed by atoms with van der Waals surface area (Å²) in [6.45, 7) is 4.35. The van der Waals surface area contributed by atoms with Crippen molar-refractivity contribution < 1.29 is 9.47 Å². The Bertz CT molecular complexity index is 394. The van der Waals surface area contributed by atoms with E-state index in [1.165, 1.54) is 0 Å². The van der Waals surface area contributed by atoms with E-state index in [0.717, 1.165) is 18.4 Å². The number of hydrogen-bond acceptors (Lipinski definition) is 2. The van der Waals surface area contributed by atoms with Crippen LogP contribution >= 0.6 is 23.2 Å². The molecule has 102 valence electrons. The molecule has 1 aromatic carbocycles. The maximum atomic E-state index is 6.45. The number of halogens is 2. The van der Waals surface area contributed by atoms with Crippen molar-refractivity contribution in [3.8, 4) is 11.5 Å². The van der Waals surface area contributed by atoms with E-state index in [1.54, 1.807) is 14.2 Å². The smallest absolute Gasteiger partial charge is 0.145 e. The average molecular weight is 291 g/mol. The second kappa shape index (κ2) is 7.10. The van der Waals surface area contributed by atoms with Crippen LogP contribution in [0.2, 0.25) is 5.02 Å². The van der Waals surface area contributed by atoms with Crippen LogP contribution in [0.5, 0.6) is 11.5 Å². The minimum atomic E-state index is -0.0988. The maximum absolute atomic E-state index is 6.45. The molecule has 0 saturated heterocycles. The quantitative estimate of drug-likeness (QED) is 0.681. The van der Waals surface area contributed by atoms with Gasteiger partial charge in [0.25, 0.3) is 0 Å². The molecule has 1 aromatic rings. The molecule has 0 saturated carbocycles. The summed E-state index contributed by atoms with van der Waals surface area (Å²) in [7, 11) is 3.18. The van der Waals surface area contributed by atoms with Gasteiger partial charge in [-0.1, -0.05) is 37.9 Å². The first kappa shape index (κ1) is 15.5. The van der Waals surface area contributed by atoms with Crippen molar-refractivity contribution >= 4 is 23.2 Å². The van der Waals surface area contributed by atoms with Gasteiger partial charge in [-0.15, -0.1) is 11.6 Å². The van der Waals surface area contributed by atoms with Crippen LogP contribution in [0.4, 0.5) is 0 Å². The van der Waals surface area contributed by atoms with Crippen molar-refractivity contribution in [2.75, 3.05) is 14.2 Å². The Labute approximate surface area is 119 Å². The molecular weight excluding hydrogens is 271 g/mol. The third kappa shape index (κ3) is 3.46. The summed E-state index contributed by atoms with van der Waals surface area (Å²) < 4.78 is 10.5. The van der Waals surface area contributed by atoms with Crippen LogP contribution in [0.25, 0.3) is 0 Å². The van der Waals surface area contributed by atoms with Gasteiger partial charge in [0.1, 0.15) is 16.5 Å². The summed E-state index contributed by atoms with van der Waals surface area (Å²) in [5.41, 5.74) is 0.922. The Morgan fingerprint density at radius 1 is 1.22 bits per heavy atom. The monoisotopic (exact) mass is 290 g/mol. The lowest BCUT2D eigenvalue weighted by Crippen LogP contribution is -2.02. The van der Waals surface area contributed by atoms with E-state index >= 15 is 0 Å². The first-order chi connectivity index (χ1) is 8.54. The molecule has 0 N–H and O–H groups in total. The van der Waals surface area contributed by atoms with E-state index in [9.17, 15) is 0 Å². The van der Waals surface area contributed by atoms with Gasteiger partial charge in [0, 0.05) is 5.56 Å². The predicted octanol–water partition coefficient (Wildman–Crippen LogP) is 5.07. The third-order valence-electron chi connectivity index (χ3n) is 3.16. The summed E-state index contributed by atoms with van der Waals surface area (Å²) >= 11 is 12.7. The summed E-state index contributed by atoms with van der Waals surface area (Å²) in [5.74, 6) is 1.78. The number of alkyl halides is 1. The lowest BCUT2D eigenvalue weighted by molar-refractivity contribution is 0.389. The van der Waals surface area contributed by atoms with Gasteiger partial charge in [0.2, 0.25) is 0 Å². The molecule has 18 heavy (non-hydrogen) atoms. The lowest BCUT2D eigenvalue weighted by Gasteiger charge is -2.19. The Morgan fingerprint density at radius 3 is 2.39 bits per heavy atom. The largest absolute Gasteiger partial charge is 0.495 e. The third-order valence-corrected chi connectivity index (χ3v) is 3.93. The molecule has 2 unspecified atom stereocenters. The second-order valence-electron chi connectivity index (χ2n) is 4.42. The van der Waals surface area contributed by atoms with Crippen LogP contribution in [-0.4, -0.2) is 14.2 Å². The number of ether oxygens (including phenoxy) is 2. The highest BCUT2D eigenvalue weighted by atomic mass is 35.5. The molecule has 0 amide bonds. The van der Waals surface area contributed by atoms with Crippen LogP contribution in [0.1, 0.15) is 37.6 Å². The molecule has 2 nitrogen and oxygen atoms in total. The molecule has 0 spiro atoms. The number of hydrogen-bond donors (Lipinski definition) is 0. The highest BCUT2D eigenvalue weighted by Gasteiger charge is 2.20. The van der Waals surface area contributed by atoms with Crippen LogP contribution in [0.15, 0.2) is 12.1 Å². The Balaban J connectivity index is 3.05. The van der Waals surface area contributed by atoms with Crippen molar-refractivity contribution in [3.63, 3.8) is 0 Å². The minimum absolute atomic E-state index is 0.0988. The molecule has 1 rings (SSSR count). The maximum Gasteiger partial charge on any atom is 0.145 e. The lowest BCUT2D eigenvalue weighted by atomic mass is 9.98. The van der Waals surface area contributed by atoms with Gasteiger partial charge < -0.3 is 9.47 Å². The Morgan fingerprint density at radius 2 is 1.89 bits per heavy atom. The standard InChI is InChI=1S/C14H20Cl2O2/c1-5-9(2)8-11(15)10-6-7-12(17-3)13(16)14(10)18-4/h6-7,9,11H,5,8H2,1-4H3. The van der Waals surface area contributed by atoms with Crippen LogP contribution in [0, 0.1) is 5.92 Å². The fourth-order valence-corrected chi connectivity index (χ4v) is 2.61. The topological polar surface area (TPSA) is 18.5 Å². The van der Waals surface area contributed by atoms with Crippen molar-refractivity contribution in [2.45, 2.75) is 32.1 Å². The molecule has 0 heterocycles. The second-order valence-corrected chi connectivity index (χ2v) is 5.33. The molecule has 0 aliphatic rings. The molecular formula is C14H20Cl2O2. The summed E-state index contributed by atoms with van der Waals surface area (Å²) in [4.78, 5) is 0. The zero-order chi connectivity index (χ0) is 13.7. The van der Waals surface area contributed by atoms with E-state index in [0.29, 0.717) is 22.4 Å².